The van der Waals surface area contributed by atoms with Crippen molar-refractivity contribution in [2.75, 3.05) is 5.32 Å². The van der Waals surface area contributed by atoms with Gasteiger partial charge >= 0.3 is 0 Å². The first-order valence-corrected chi connectivity index (χ1v) is 9.40. The van der Waals surface area contributed by atoms with Crippen LogP contribution in [-0.4, -0.2) is 20.4 Å². The molecule has 0 aliphatic carbocycles. The van der Waals surface area contributed by atoms with Crippen LogP contribution in [0.4, 0.5) is 5.82 Å². The molecule has 0 fully saturated rings. The number of pyridine rings is 1. The van der Waals surface area contributed by atoms with Gasteiger partial charge in [0.25, 0.3) is 11.5 Å². The fourth-order valence-electron chi connectivity index (χ4n) is 3.54. The van der Waals surface area contributed by atoms with Crippen LogP contribution in [0, 0.1) is 6.92 Å². The maximum Gasteiger partial charge on any atom is 0.261 e. The van der Waals surface area contributed by atoms with Crippen LogP contribution in [0.3, 0.4) is 0 Å². The number of fused-ring (bicyclic) bond motifs is 2. The number of nitrogens with one attached hydrogen (secondary N) is 1. The van der Waals surface area contributed by atoms with E-state index in [0.29, 0.717) is 22.3 Å². The number of aromatic nitrogens is 3. The van der Waals surface area contributed by atoms with Crippen LogP contribution >= 0.6 is 0 Å². The Kier molecular flexibility index (Phi) is 4.71. The van der Waals surface area contributed by atoms with Gasteiger partial charge in [0.2, 0.25) is 0 Å². The summed E-state index contributed by atoms with van der Waals surface area (Å²) in [5.41, 5.74) is 1.87. The van der Waals surface area contributed by atoms with E-state index >= 15 is 0 Å². The maximum absolute atomic E-state index is 12.9. The Labute approximate surface area is 157 Å². The van der Waals surface area contributed by atoms with Crippen molar-refractivity contribution in [3.8, 4) is 0 Å². The molecule has 27 heavy (non-hydrogen) atoms. The summed E-state index contributed by atoms with van der Waals surface area (Å²) in [7, 11) is 0. The van der Waals surface area contributed by atoms with Gasteiger partial charge in [-0.25, -0.2) is 9.97 Å². The summed E-state index contributed by atoms with van der Waals surface area (Å²) in [5.74, 6) is 1.07. The van der Waals surface area contributed by atoms with Gasteiger partial charge in [-0.15, -0.1) is 0 Å². The first-order valence-electron chi connectivity index (χ1n) is 9.40. The minimum atomic E-state index is -0.261. The van der Waals surface area contributed by atoms with E-state index < -0.39 is 0 Å². The van der Waals surface area contributed by atoms with Crippen molar-refractivity contribution < 1.29 is 4.79 Å². The SMILES string of the molecule is Cc1cccc(NC(=O)c2ccc3c(=O)n4c(nc3c2)CCCCCC4)n1. The van der Waals surface area contributed by atoms with E-state index in [1.807, 2.05) is 19.1 Å². The van der Waals surface area contributed by atoms with E-state index in [1.165, 1.54) is 6.42 Å². The molecule has 1 aliphatic rings. The molecule has 4 rings (SSSR count). The third kappa shape index (κ3) is 3.60. The van der Waals surface area contributed by atoms with E-state index in [1.54, 1.807) is 28.8 Å². The molecule has 1 N–H and O–H groups in total. The van der Waals surface area contributed by atoms with Crippen molar-refractivity contribution in [2.45, 2.75) is 45.6 Å². The molecule has 3 aromatic rings. The van der Waals surface area contributed by atoms with Crippen molar-refractivity contribution >= 4 is 22.6 Å². The van der Waals surface area contributed by atoms with Gasteiger partial charge in [0.15, 0.2) is 0 Å². The van der Waals surface area contributed by atoms with Crippen molar-refractivity contribution in [1.29, 1.82) is 0 Å². The number of aryl methyl sites for hydroxylation is 2. The minimum absolute atomic E-state index is 0.00999. The first kappa shape index (κ1) is 17.4. The van der Waals surface area contributed by atoms with Crippen LogP contribution in [0.5, 0.6) is 0 Å². The molecule has 0 saturated carbocycles. The summed E-state index contributed by atoms with van der Waals surface area (Å²) in [5, 5.41) is 3.36. The fraction of sp³-hybridized carbons (Fsp3) is 0.333. The quantitative estimate of drug-likeness (QED) is 0.757. The van der Waals surface area contributed by atoms with Crippen LogP contribution in [0.25, 0.3) is 10.9 Å². The largest absolute Gasteiger partial charge is 0.307 e. The Morgan fingerprint density at radius 2 is 1.93 bits per heavy atom. The first-order chi connectivity index (χ1) is 13.1. The second-order valence-corrected chi connectivity index (χ2v) is 7.00. The predicted octanol–water partition coefficient (Wildman–Crippen LogP) is 3.47. The van der Waals surface area contributed by atoms with Gasteiger partial charge in [-0.3, -0.25) is 14.2 Å². The van der Waals surface area contributed by atoms with Gasteiger partial charge in [-0.05, 0) is 50.1 Å². The van der Waals surface area contributed by atoms with Gasteiger partial charge in [-0.1, -0.05) is 18.9 Å². The number of carbonyl (C=O) groups is 1. The number of carbonyl (C=O) groups excluding carboxylic acids is 1. The van der Waals surface area contributed by atoms with Crippen LogP contribution in [0.2, 0.25) is 0 Å². The highest BCUT2D eigenvalue weighted by atomic mass is 16.1. The number of benzene rings is 1. The molecule has 2 aromatic heterocycles. The predicted molar refractivity (Wildman–Crippen MR) is 105 cm³/mol. The average molecular weight is 362 g/mol. The minimum Gasteiger partial charge on any atom is -0.307 e. The number of anilines is 1. The second-order valence-electron chi connectivity index (χ2n) is 7.00. The standard InChI is InChI=1S/C21H22N4O2/c1-14-7-6-8-18(22-14)24-20(26)15-10-11-16-17(13-15)23-19-9-4-2-3-5-12-25(19)21(16)27/h6-8,10-11,13H,2-5,9,12H2,1H3,(H,22,24,26). The Morgan fingerprint density at radius 3 is 2.78 bits per heavy atom. The average Bonchev–Trinajstić information content (AvgIpc) is 2.63. The summed E-state index contributed by atoms with van der Waals surface area (Å²) in [4.78, 5) is 34.4. The summed E-state index contributed by atoms with van der Waals surface area (Å²) >= 11 is 0. The number of rotatable bonds is 2. The van der Waals surface area contributed by atoms with E-state index in [0.717, 1.165) is 43.7 Å². The van der Waals surface area contributed by atoms with Gasteiger partial charge in [0.1, 0.15) is 11.6 Å². The molecule has 0 saturated heterocycles. The highest BCUT2D eigenvalue weighted by Gasteiger charge is 2.15. The number of amides is 1. The maximum atomic E-state index is 12.9. The van der Waals surface area contributed by atoms with Gasteiger partial charge in [0, 0.05) is 24.2 Å². The molecule has 1 aromatic carbocycles. The Bertz CT molecular complexity index is 1070. The fourth-order valence-corrected chi connectivity index (χ4v) is 3.54. The third-order valence-electron chi connectivity index (χ3n) is 4.96. The van der Waals surface area contributed by atoms with Crippen molar-refractivity contribution in [3.05, 3.63) is 63.8 Å². The molecule has 0 spiro atoms. The summed E-state index contributed by atoms with van der Waals surface area (Å²) < 4.78 is 1.80. The van der Waals surface area contributed by atoms with Crippen LogP contribution < -0.4 is 10.9 Å². The van der Waals surface area contributed by atoms with Crippen molar-refractivity contribution in [2.24, 2.45) is 0 Å². The van der Waals surface area contributed by atoms with E-state index in [9.17, 15) is 9.59 Å². The molecule has 138 valence electrons. The molecule has 3 heterocycles. The Morgan fingerprint density at radius 1 is 1.07 bits per heavy atom. The molecule has 1 amide bonds. The normalized spacial score (nSPS) is 14.3. The molecular formula is C21H22N4O2. The van der Waals surface area contributed by atoms with Gasteiger partial charge in [-0.2, -0.15) is 0 Å². The molecular weight excluding hydrogens is 340 g/mol. The number of nitrogens with zero attached hydrogens (tertiary/aromatic N) is 3. The summed E-state index contributed by atoms with van der Waals surface area (Å²) in [6, 6.07) is 10.5. The number of hydrogen-bond donors (Lipinski definition) is 1. The van der Waals surface area contributed by atoms with Crippen molar-refractivity contribution in [1.82, 2.24) is 14.5 Å². The smallest absolute Gasteiger partial charge is 0.261 e. The highest BCUT2D eigenvalue weighted by Crippen LogP contribution is 2.17. The van der Waals surface area contributed by atoms with E-state index in [2.05, 4.69) is 10.3 Å². The van der Waals surface area contributed by atoms with E-state index in [-0.39, 0.29) is 11.5 Å². The lowest BCUT2D eigenvalue weighted by molar-refractivity contribution is 0.102. The zero-order valence-electron chi connectivity index (χ0n) is 15.4. The molecule has 6 nitrogen and oxygen atoms in total. The summed E-state index contributed by atoms with van der Waals surface area (Å²) in [6.07, 6.45) is 5.16. The molecule has 6 heteroatoms. The zero-order chi connectivity index (χ0) is 18.8. The molecule has 0 atom stereocenters. The second kappa shape index (κ2) is 7.31. The highest BCUT2D eigenvalue weighted by molar-refractivity contribution is 6.05. The molecule has 0 unspecified atom stereocenters. The van der Waals surface area contributed by atoms with Crippen molar-refractivity contribution in [3.63, 3.8) is 0 Å². The van der Waals surface area contributed by atoms with Crippen LogP contribution in [0.15, 0.2) is 41.2 Å². The molecule has 0 radical (unpaired) electrons. The third-order valence-corrected chi connectivity index (χ3v) is 4.96. The monoisotopic (exact) mass is 362 g/mol. The lowest BCUT2D eigenvalue weighted by Crippen LogP contribution is -2.26. The number of hydrogen-bond acceptors (Lipinski definition) is 4. The van der Waals surface area contributed by atoms with E-state index in [4.69, 9.17) is 4.98 Å². The lowest BCUT2D eigenvalue weighted by Gasteiger charge is -2.16. The molecule has 0 bridgehead atoms. The zero-order valence-corrected chi connectivity index (χ0v) is 15.4. The van der Waals surface area contributed by atoms with Gasteiger partial charge < -0.3 is 5.32 Å². The van der Waals surface area contributed by atoms with Crippen LogP contribution in [0.1, 0.15) is 47.6 Å². The Hall–Kier alpha value is -3.02. The van der Waals surface area contributed by atoms with Gasteiger partial charge in [0.05, 0.1) is 10.9 Å². The molecule has 1 aliphatic heterocycles. The summed E-state index contributed by atoms with van der Waals surface area (Å²) in [6.45, 7) is 2.59. The Balaban J connectivity index is 1.70. The lowest BCUT2D eigenvalue weighted by atomic mass is 10.1. The topological polar surface area (TPSA) is 76.9 Å². The van der Waals surface area contributed by atoms with Crippen LogP contribution in [-0.2, 0) is 13.0 Å².